The van der Waals surface area contributed by atoms with Crippen LogP contribution >= 0.6 is 0 Å². The first-order chi connectivity index (χ1) is 18.9. The summed E-state index contributed by atoms with van der Waals surface area (Å²) in [4.78, 5) is 26.1. The van der Waals surface area contributed by atoms with Gasteiger partial charge < -0.3 is 30.3 Å². The molecule has 0 fully saturated rings. The predicted octanol–water partition coefficient (Wildman–Crippen LogP) is 4.22. The Morgan fingerprint density at radius 1 is 1.00 bits per heavy atom. The lowest BCUT2D eigenvalue weighted by Gasteiger charge is -2.43. The number of nitrogens with one attached hydrogen (secondary N) is 2. The topological polar surface area (TPSA) is 135 Å². The molecule has 3 atom stereocenters. The Morgan fingerprint density at radius 3 is 2.28 bits per heavy atom. The van der Waals surface area contributed by atoms with E-state index in [1.54, 1.807) is 79.9 Å². The summed E-state index contributed by atoms with van der Waals surface area (Å²) < 4.78 is 11.7. The molecule has 4 N–H and O–H groups in total. The van der Waals surface area contributed by atoms with Crippen LogP contribution in [0.5, 0.6) is 11.5 Å². The lowest BCUT2D eigenvalue weighted by atomic mass is 9.77. The van der Waals surface area contributed by atoms with Crippen molar-refractivity contribution in [2.24, 2.45) is 0 Å². The number of carbonyl (C=O) groups excluding carboxylic acids is 1. The summed E-state index contributed by atoms with van der Waals surface area (Å²) >= 11 is 0. The molecule has 0 bridgehead atoms. The van der Waals surface area contributed by atoms with Crippen molar-refractivity contribution in [2.45, 2.75) is 24.6 Å². The lowest BCUT2D eigenvalue weighted by molar-refractivity contribution is -0.179. The molecule has 200 valence electrons. The smallest absolute Gasteiger partial charge is 0.360 e. The lowest BCUT2D eigenvalue weighted by Crippen LogP contribution is -2.54. The fourth-order valence-electron chi connectivity index (χ4n) is 4.90. The number of carboxylic acid groups (broad SMARTS) is 1. The zero-order chi connectivity index (χ0) is 27.6. The van der Waals surface area contributed by atoms with Gasteiger partial charge in [0.25, 0.3) is 11.6 Å². The maximum absolute atomic E-state index is 13.3. The fourth-order valence-corrected chi connectivity index (χ4v) is 4.90. The second-order valence-corrected chi connectivity index (χ2v) is 9.04. The maximum atomic E-state index is 13.3. The molecule has 0 radical (unpaired) electrons. The summed E-state index contributed by atoms with van der Waals surface area (Å²) in [6.45, 7) is 2.40. The van der Waals surface area contributed by atoms with Gasteiger partial charge in [-0.3, -0.25) is 4.79 Å². The van der Waals surface area contributed by atoms with Gasteiger partial charge in [-0.15, -0.1) is 0 Å². The zero-order valence-electron chi connectivity index (χ0n) is 21.4. The van der Waals surface area contributed by atoms with Crippen molar-refractivity contribution in [1.82, 2.24) is 9.78 Å². The van der Waals surface area contributed by atoms with E-state index in [1.165, 1.54) is 6.20 Å². The molecule has 10 heteroatoms. The highest BCUT2D eigenvalue weighted by atomic mass is 16.5. The minimum absolute atomic E-state index is 0.0774. The molecule has 2 heterocycles. The number of aliphatic hydroxyl groups is 1. The van der Waals surface area contributed by atoms with Gasteiger partial charge in [0.1, 0.15) is 22.9 Å². The van der Waals surface area contributed by atoms with E-state index in [9.17, 15) is 19.8 Å². The number of amides is 1. The molecule has 0 aliphatic carbocycles. The molecule has 0 spiro atoms. The van der Waals surface area contributed by atoms with Crippen LogP contribution < -0.4 is 20.1 Å². The van der Waals surface area contributed by atoms with Gasteiger partial charge in [-0.2, -0.15) is 5.10 Å². The van der Waals surface area contributed by atoms with Crippen molar-refractivity contribution >= 4 is 23.4 Å². The van der Waals surface area contributed by atoms with Gasteiger partial charge in [0.15, 0.2) is 0 Å². The van der Waals surface area contributed by atoms with Gasteiger partial charge in [-0.05, 0) is 54.4 Å². The Hall–Kier alpha value is -4.83. The van der Waals surface area contributed by atoms with E-state index in [0.717, 1.165) is 4.68 Å². The normalized spacial score (nSPS) is 19.9. The summed E-state index contributed by atoms with van der Waals surface area (Å²) in [7, 11) is 1.55. The summed E-state index contributed by atoms with van der Waals surface area (Å²) in [5.74, 6) is -1.65. The minimum atomic E-state index is -2.51. The molecule has 10 nitrogen and oxygen atoms in total. The average molecular weight is 529 g/mol. The predicted molar refractivity (Wildman–Crippen MR) is 144 cm³/mol. The summed E-state index contributed by atoms with van der Waals surface area (Å²) in [5, 5.41) is 32.6. The van der Waals surface area contributed by atoms with E-state index in [0.29, 0.717) is 34.9 Å². The number of carbonyl (C=O) groups is 2. The quantitative estimate of drug-likeness (QED) is 0.267. The Morgan fingerprint density at radius 2 is 1.67 bits per heavy atom. The average Bonchev–Trinajstić information content (AvgIpc) is 3.39. The Balaban J connectivity index is 1.59. The van der Waals surface area contributed by atoms with Crippen molar-refractivity contribution in [3.05, 3.63) is 102 Å². The largest absolute Gasteiger partial charge is 0.497 e. The highest BCUT2D eigenvalue weighted by Gasteiger charge is 2.56. The van der Waals surface area contributed by atoms with Crippen LogP contribution in [0.3, 0.4) is 0 Å². The molecular weight excluding hydrogens is 500 g/mol. The minimum Gasteiger partial charge on any atom is -0.497 e. The van der Waals surface area contributed by atoms with Gasteiger partial charge in [0.05, 0.1) is 31.9 Å². The van der Waals surface area contributed by atoms with E-state index in [4.69, 9.17) is 9.47 Å². The third-order valence-electron chi connectivity index (χ3n) is 6.77. The zero-order valence-corrected chi connectivity index (χ0v) is 21.4. The van der Waals surface area contributed by atoms with Crippen LogP contribution in [0.25, 0.3) is 0 Å². The van der Waals surface area contributed by atoms with Crippen molar-refractivity contribution < 1.29 is 29.3 Å². The number of aromatic nitrogens is 2. The number of rotatable bonds is 8. The van der Waals surface area contributed by atoms with Crippen LogP contribution in [0.1, 0.15) is 40.4 Å². The van der Waals surface area contributed by atoms with E-state index in [2.05, 4.69) is 15.7 Å². The first kappa shape index (κ1) is 25.8. The van der Waals surface area contributed by atoms with E-state index in [1.807, 2.05) is 13.0 Å². The molecule has 3 aromatic carbocycles. The molecule has 4 aromatic rings. The number of nitrogens with zero attached hydrogens (tertiary/aromatic N) is 2. The number of hydrogen-bond acceptors (Lipinski definition) is 7. The first-order valence-electron chi connectivity index (χ1n) is 12.4. The molecular formula is C29H28N4O6. The number of ether oxygens (including phenoxy) is 2. The Labute approximate surface area is 224 Å². The molecule has 0 saturated carbocycles. The van der Waals surface area contributed by atoms with Crippen LogP contribution in [0.2, 0.25) is 0 Å². The highest BCUT2D eigenvalue weighted by molar-refractivity contribution is 6.07. The molecule has 0 saturated heterocycles. The third kappa shape index (κ3) is 4.66. The molecule has 5 rings (SSSR count). The number of hydrogen-bond donors (Lipinski definition) is 4. The fraction of sp³-hybridized carbons (Fsp3) is 0.207. The van der Waals surface area contributed by atoms with Gasteiger partial charge in [0, 0.05) is 5.69 Å². The SMILES string of the molecule is CCOc1ccc(NC(=O)c2cnn3c2N[C@H](c2ccc(OC)cc2)[C@H](c2ccccc2)[C@@]3(O)C(=O)O)cc1. The van der Waals surface area contributed by atoms with Crippen molar-refractivity contribution in [3.63, 3.8) is 0 Å². The second-order valence-electron chi connectivity index (χ2n) is 9.04. The van der Waals surface area contributed by atoms with Crippen LogP contribution in [0.4, 0.5) is 11.5 Å². The van der Waals surface area contributed by atoms with Gasteiger partial charge in [-0.1, -0.05) is 42.5 Å². The van der Waals surface area contributed by atoms with Gasteiger partial charge in [-0.25, -0.2) is 9.48 Å². The van der Waals surface area contributed by atoms with Crippen molar-refractivity contribution in [2.75, 3.05) is 24.4 Å². The summed E-state index contributed by atoms with van der Waals surface area (Å²) in [6.07, 6.45) is 1.25. The van der Waals surface area contributed by atoms with Crippen molar-refractivity contribution in [3.8, 4) is 11.5 Å². The van der Waals surface area contributed by atoms with Crippen LogP contribution in [-0.2, 0) is 10.5 Å². The van der Waals surface area contributed by atoms with Gasteiger partial charge >= 0.3 is 5.97 Å². The summed E-state index contributed by atoms with van der Waals surface area (Å²) in [5.41, 5.74) is -0.647. The maximum Gasteiger partial charge on any atom is 0.360 e. The molecule has 1 amide bonds. The second kappa shape index (κ2) is 10.5. The van der Waals surface area contributed by atoms with E-state index < -0.39 is 29.6 Å². The standard InChI is InChI=1S/C29H28N4O6/c1-3-39-22-15-11-20(12-16-22)31-27(34)23-17-30-33-26(23)32-25(19-9-13-21(38-2)14-10-19)24(29(33,37)28(35)36)18-7-5-4-6-8-18/h4-17,24-25,32,37H,3H2,1-2H3,(H,31,34)(H,35,36)/t24-,25+,29+/m0/s1. The number of methoxy groups -OCH3 is 1. The molecule has 0 unspecified atom stereocenters. The van der Waals surface area contributed by atoms with Crippen molar-refractivity contribution in [1.29, 1.82) is 0 Å². The first-order valence-corrected chi connectivity index (χ1v) is 12.4. The van der Waals surface area contributed by atoms with E-state index in [-0.39, 0.29) is 11.4 Å². The molecule has 1 aliphatic rings. The molecule has 1 aromatic heterocycles. The number of fused-ring (bicyclic) bond motifs is 1. The monoisotopic (exact) mass is 528 g/mol. The third-order valence-corrected chi connectivity index (χ3v) is 6.77. The Kier molecular flexibility index (Phi) is 6.95. The number of anilines is 2. The van der Waals surface area contributed by atoms with E-state index >= 15 is 0 Å². The van der Waals surface area contributed by atoms with Crippen LogP contribution in [0.15, 0.2) is 85.1 Å². The molecule has 1 aliphatic heterocycles. The number of carboxylic acids is 1. The van der Waals surface area contributed by atoms with Crippen LogP contribution in [0, 0.1) is 0 Å². The van der Waals surface area contributed by atoms with Gasteiger partial charge in [0.2, 0.25) is 0 Å². The molecule has 39 heavy (non-hydrogen) atoms. The highest BCUT2D eigenvalue weighted by Crippen LogP contribution is 2.49. The number of benzene rings is 3. The Bertz CT molecular complexity index is 1470. The van der Waals surface area contributed by atoms with Crippen LogP contribution in [-0.4, -0.2) is 45.6 Å². The summed E-state index contributed by atoms with van der Waals surface area (Å²) in [6, 6.07) is 22.1. The number of aliphatic carboxylic acids is 1.